The molecule has 2 heterocycles. The molecule has 0 saturated carbocycles. The van der Waals surface area contributed by atoms with E-state index >= 15 is 0 Å². The Morgan fingerprint density at radius 3 is 2.96 bits per heavy atom. The molecule has 1 aliphatic rings. The van der Waals surface area contributed by atoms with Gasteiger partial charge >= 0.3 is 0 Å². The standard InChI is InChI=1S/C19H17FN4O3S/c1-11(12-6-7-15-16(8-12)27-10-26-15)21-17(25)9-28-19-22-18(23-24-19)13-4-2-3-5-14(13)20/h2-8,11H,9-10H2,1H3,(H,21,25)(H,22,23,24)/t11-/m0/s1. The van der Waals surface area contributed by atoms with Crippen molar-refractivity contribution >= 4 is 17.7 Å². The number of benzene rings is 2. The van der Waals surface area contributed by atoms with E-state index in [0.29, 0.717) is 28.0 Å². The van der Waals surface area contributed by atoms with Crippen molar-refractivity contribution < 1.29 is 18.7 Å². The average Bonchev–Trinajstić information content (AvgIpc) is 3.35. The summed E-state index contributed by atoms with van der Waals surface area (Å²) in [5.74, 6) is 1.30. The molecular weight excluding hydrogens is 383 g/mol. The molecule has 7 nitrogen and oxygen atoms in total. The Kier molecular flexibility index (Phi) is 5.16. The molecule has 9 heteroatoms. The highest BCUT2D eigenvalue weighted by atomic mass is 32.2. The fourth-order valence-corrected chi connectivity index (χ4v) is 3.37. The zero-order chi connectivity index (χ0) is 19.5. The van der Waals surface area contributed by atoms with Crippen LogP contribution in [0.4, 0.5) is 4.39 Å². The molecule has 0 bridgehead atoms. The molecule has 2 N–H and O–H groups in total. The predicted octanol–water partition coefficient (Wildman–Crippen LogP) is 3.31. The smallest absolute Gasteiger partial charge is 0.231 e. The van der Waals surface area contributed by atoms with Gasteiger partial charge in [0.15, 0.2) is 17.3 Å². The normalized spacial score (nSPS) is 13.4. The molecule has 1 aliphatic heterocycles. The first kappa shape index (κ1) is 18.3. The van der Waals surface area contributed by atoms with Crippen molar-refractivity contribution in [2.45, 2.75) is 18.1 Å². The van der Waals surface area contributed by atoms with Gasteiger partial charge in [-0.1, -0.05) is 30.0 Å². The van der Waals surface area contributed by atoms with Gasteiger partial charge in [0.05, 0.1) is 17.4 Å². The van der Waals surface area contributed by atoms with Gasteiger partial charge in [-0.15, -0.1) is 5.10 Å². The van der Waals surface area contributed by atoms with E-state index in [9.17, 15) is 9.18 Å². The molecule has 0 aliphatic carbocycles. The van der Waals surface area contributed by atoms with Gasteiger partial charge in [-0.3, -0.25) is 9.89 Å². The molecule has 4 rings (SSSR count). The number of H-pyrrole nitrogens is 1. The maximum absolute atomic E-state index is 13.8. The van der Waals surface area contributed by atoms with E-state index in [1.807, 2.05) is 25.1 Å². The van der Waals surface area contributed by atoms with E-state index in [2.05, 4.69) is 20.5 Å². The van der Waals surface area contributed by atoms with Gasteiger partial charge in [0.2, 0.25) is 17.9 Å². The van der Waals surface area contributed by atoms with Crippen LogP contribution in [-0.4, -0.2) is 33.6 Å². The van der Waals surface area contributed by atoms with Crippen molar-refractivity contribution in [3.63, 3.8) is 0 Å². The van der Waals surface area contributed by atoms with Crippen LogP contribution in [0, 0.1) is 5.82 Å². The number of ether oxygens (including phenoxy) is 2. The van der Waals surface area contributed by atoms with Crippen LogP contribution in [0.1, 0.15) is 18.5 Å². The zero-order valence-electron chi connectivity index (χ0n) is 14.9. The Morgan fingerprint density at radius 2 is 2.11 bits per heavy atom. The van der Waals surface area contributed by atoms with Crippen LogP contribution < -0.4 is 14.8 Å². The van der Waals surface area contributed by atoms with Crippen molar-refractivity contribution in [1.82, 2.24) is 20.5 Å². The van der Waals surface area contributed by atoms with E-state index < -0.39 is 0 Å². The Balaban J connectivity index is 1.33. The minimum absolute atomic E-state index is 0.142. The molecule has 1 atom stereocenters. The first-order chi connectivity index (χ1) is 13.6. The van der Waals surface area contributed by atoms with Crippen molar-refractivity contribution in [2.24, 2.45) is 0 Å². The van der Waals surface area contributed by atoms with Crippen LogP contribution in [0.3, 0.4) is 0 Å². The van der Waals surface area contributed by atoms with E-state index in [4.69, 9.17) is 9.47 Å². The number of nitrogens with one attached hydrogen (secondary N) is 2. The molecule has 1 amide bonds. The maximum atomic E-state index is 13.8. The lowest BCUT2D eigenvalue weighted by Gasteiger charge is -2.14. The van der Waals surface area contributed by atoms with Crippen LogP contribution in [0.25, 0.3) is 11.4 Å². The van der Waals surface area contributed by atoms with E-state index in [1.54, 1.807) is 18.2 Å². The summed E-state index contributed by atoms with van der Waals surface area (Å²) in [6.45, 7) is 2.10. The first-order valence-corrected chi connectivity index (χ1v) is 9.58. The SMILES string of the molecule is C[C@H](NC(=O)CSc1n[nH]c(-c2ccccc2F)n1)c1ccc2c(c1)OCO2. The van der Waals surface area contributed by atoms with Crippen LogP contribution in [-0.2, 0) is 4.79 Å². The predicted molar refractivity (Wildman–Crippen MR) is 102 cm³/mol. The largest absolute Gasteiger partial charge is 0.454 e. The van der Waals surface area contributed by atoms with Gasteiger partial charge in [-0.2, -0.15) is 0 Å². The number of aromatic nitrogens is 3. The molecule has 0 spiro atoms. The van der Waals surface area contributed by atoms with Gasteiger partial charge in [0.25, 0.3) is 0 Å². The summed E-state index contributed by atoms with van der Waals surface area (Å²) in [7, 11) is 0. The molecule has 1 aromatic heterocycles. The third-order valence-corrected chi connectivity index (χ3v) is 5.05. The second kappa shape index (κ2) is 7.89. The number of hydrogen-bond donors (Lipinski definition) is 2. The molecule has 0 unspecified atom stereocenters. The van der Waals surface area contributed by atoms with Crippen molar-refractivity contribution in [3.05, 3.63) is 53.8 Å². The number of halogens is 1. The Morgan fingerprint density at radius 1 is 1.29 bits per heavy atom. The molecule has 2 aromatic carbocycles. The van der Waals surface area contributed by atoms with Crippen LogP contribution in [0.5, 0.6) is 11.5 Å². The Hall–Kier alpha value is -3.07. The summed E-state index contributed by atoms with van der Waals surface area (Å²) >= 11 is 1.17. The monoisotopic (exact) mass is 400 g/mol. The number of carbonyl (C=O) groups excluding carboxylic acids is 1. The number of nitrogens with zero attached hydrogens (tertiary/aromatic N) is 2. The highest BCUT2D eigenvalue weighted by Crippen LogP contribution is 2.34. The molecule has 0 saturated heterocycles. The Bertz CT molecular complexity index is 1010. The lowest BCUT2D eigenvalue weighted by Crippen LogP contribution is -2.28. The molecule has 0 radical (unpaired) electrons. The summed E-state index contributed by atoms with van der Waals surface area (Å²) in [4.78, 5) is 16.5. The lowest BCUT2D eigenvalue weighted by molar-refractivity contribution is -0.119. The van der Waals surface area contributed by atoms with Crippen LogP contribution >= 0.6 is 11.8 Å². The quantitative estimate of drug-likeness (QED) is 0.617. The van der Waals surface area contributed by atoms with E-state index in [0.717, 1.165) is 5.56 Å². The van der Waals surface area contributed by atoms with Gasteiger partial charge in [0, 0.05) is 0 Å². The number of amides is 1. The minimum atomic E-state index is -0.384. The highest BCUT2D eigenvalue weighted by Gasteiger charge is 2.17. The van der Waals surface area contributed by atoms with Crippen molar-refractivity contribution in [3.8, 4) is 22.9 Å². The second-order valence-electron chi connectivity index (χ2n) is 6.14. The number of aromatic amines is 1. The second-order valence-corrected chi connectivity index (χ2v) is 7.08. The maximum Gasteiger partial charge on any atom is 0.231 e. The number of fused-ring (bicyclic) bond motifs is 1. The van der Waals surface area contributed by atoms with Crippen molar-refractivity contribution in [2.75, 3.05) is 12.5 Å². The fourth-order valence-electron chi connectivity index (χ4n) is 2.76. The van der Waals surface area contributed by atoms with Crippen molar-refractivity contribution in [1.29, 1.82) is 0 Å². The van der Waals surface area contributed by atoms with E-state index in [-0.39, 0.29) is 30.3 Å². The summed E-state index contributed by atoms with van der Waals surface area (Å²) < 4.78 is 24.5. The molecule has 0 fully saturated rings. The molecule has 28 heavy (non-hydrogen) atoms. The zero-order valence-corrected chi connectivity index (χ0v) is 15.8. The van der Waals surface area contributed by atoms with Crippen LogP contribution in [0.15, 0.2) is 47.6 Å². The summed E-state index contributed by atoms with van der Waals surface area (Å²) in [6, 6.07) is 11.7. The third-order valence-electron chi connectivity index (χ3n) is 4.20. The summed E-state index contributed by atoms with van der Waals surface area (Å²) in [5.41, 5.74) is 1.25. The van der Waals surface area contributed by atoms with Gasteiger partial charge in [0.1, 0.15) is 5.82 Å². The molecular formula is C19H17FN4O3S. The summed E-state index contributed by atoms with van der Waals surface area (Å²) in [5, 5.41) is 10.0. The van der Waals surface area contributed by atoms with Gasteiger partial charge in [-0.25, -0.2) is 9.37 Å². The van der Waals surface area contributed by atoms with Gasteiger partial charge in [-0.05, 0) is 36.8 Å². The van der Waals surface area contributed by atoms with Crippen LogP contribution in [0.2, 0.25) is 0 Å². The number of thioether (sulfide) groups is 1. The molecule has 144 valence electrons. The number of hydrogen-bond acceptors (Lipinski definition) is 6. The minimum Gasteiger partial charge on any atom is -0.454 e. The fraction of sp³-hybridized carbons (Fsp3) is 0.211. The number of carbonyl (C=O) groups is 1. The topological polar surface area (TPSA) is 89.1 Å². The average molecular weight is 400 g/mol. The highest BCUT2D eigenvalue weighted by molar-refractivity contribution is 7.99. The van der Waals surface area contributed by atoms with E-state index in [1.165, 1.54) is 17.8 Å². The lowest BCUT2D eigenvalue weighted by atomic mass is 10.1. The third kappa shape index (κ3) is 3.94. The Labute approximate surface area is 164 Å². The summed E-state index contributed by atoms with van der Waals surface area (Å²) in [6.07, 6.45) is 0. The van der Waals surface area contributed by atoms with Gasteiger partial charge < -0.3 is 14.8 Å². The first-order valence-electron chi connectivity index (χ1n) is 8.59. The number of rotatable bonds is 6. The molecule has 3 aromatic rings.